The lowest BCUT2D eigenvalue weighted by Gasteiger charge is -2.49. The summed E-state index contributed by atoms with van der Waals surface area (Å²) in [7, 11) is 2.02. The van der Waals surface area contributed by atoms with Crippen molar-refractivity contribution in [2.24, 2.45) is 7.05 Å². The van der Waals surface area contributed by atoms with E-state index < -0.39 is 0 Å². The molecule has 2 aliphatic heterocycles. The molecule has 0 saturated carbocycles. The molecule has 0 bridgehead atoms. The van der Waals surface area contributed by atoms with E-state index in [1.807, 2.05) is 23.9 Å². The van der Waals surface area contributed by atoms with Crippen LogP contribution in [0.1, 0.15) is 37.1 Å². The zero-order valence-electron chi connectivity index (χ0n) is 12.8. The second-order valence-electron chi connectivity index (χ2n) is 6.30. The zero-order valence-corrected chi connectivity index (χ0v) is 14.3. The van der Waals surface area contributed by atoms with E-state index >= 15 is 0 Å². The third kappa shape index (κ3) is 2.10. The van der Waals surface area contributed by atoms with Gasteiger partial charge in [0.05, 0.1) is 17.4 Å². The highest BCUT2D eigenvalue weighted by Gasteiger charge is 2.42. The lowest BCUT2D eigenvalue weighted by molar-refractivity contribution is 0.0246. The Labute approximate surface area is 140 Å². The maximum Gasteiger partial charge on any atom is 0.0835 e. The second-order valence-corrected chi connectivity index (χ2v) is 7.18. The summed E-state index contributed by atoms with van der Waals surface area (Å²) >= 11 is 12.4. The molecule has 1 fully saturated rings. The Morgan fingerprint density at radius 3 is 2.55 bits per heavy atom. The average molecular weight is 336 g/mol. The Balaban J connectivity index is 1.88. The Hall–Kier alpha value is -1.03. The molecule has 22 heavy (non-hydrogen) atoms. The van der Waals surface area contributed by atoms with E-state index in [1.165, 1.54) is 29.9 Å². The summed E-state index contributed by atoms with van der Waals surface area (Å²) in [5.74, 6) is 0. The van der Waals surface area contributed by atoms with Crippen LogP contribution in [0.5, 0.6) is 0 Å². The van der Waals surface area contributed by atoms with Crippen LogP contribution in [-0.2, 0) is 13.5 Å². The Kier molecular flexibility index (Phi) is 3.48. The van der Waals surface area contributed by atoms with Gasteiger partial charge in [-0.15, -0.1) is 0 Å². The highest BCUT2D eigenvalue weighted by Crippen LogP contribution is 2.44. The standard InChI is InChI=1S/C17H19Cl2N3/c1-3-15-16-14(9-13-4-5-22(13)15)17(21(2)20-16)10-6-11(18)8-12(19)7-10/h6-8,13,15H,3-5,9H2,1-2H3/t13-,15+/m0/s1. The van der Waals surface area contributed by atoms with Gasteiger partial charge >= 0.3 is 0 Å². The number of halogens is 2. The first-order chi connectivity index (χ1) is 10.6. The number of nitrogens with zero attached hydrogens (tertiary/aromatic N) is 3. The average Bonchev–Trinajstić information content (AvgIpc) is 2.75. The Morgan fingerprint density at radius 1 is 1.23 bits per heavy atom. The van der Waals surface area contributed by atoms with Crippen molar-refractivity contribution in [2.75, 3.05) is 6.54 Å². The van der Waals surface area contributed by atoms with E-state index in [0.717, 1.165) is 18.4 Å². The van der Waals surface area contributed by atoms with Crippen LogP contribution in [-0.4, -0.2) is 27.3 Å². The quantitative estimate of drug-likeness (QED) is 0.806. The molecule has 2 aliphatic rings. The number of fused-ring (bicyclic) bond motifs is 2. The fourth-order valence-electron chi connectivity index (χ4n) is 4.02. The minimum atomic E-state index is 0.456. The number of hydrogen-bond donors (Lipinski definition) is 0. The monoisotopic (exact) mass is 335 g/mol. The number of aromatic nitrogens is 2. The van der Waals surface area contributed by atoms with Crippen LogP contribution in [0.3, 0.4) is 0 Å². The lowest BCUT2D eigenvalue weighted by atomic mass is 9.83. The van der Waals surface area contributed by atoms with E-state index in [9.17, 15) is 0 Å². The first-order valence-corrected chi connectivity index (χ1v) is 8.62. The largest absolute Gasteiger partial charge is 0.291 e. The molecule has 1 aromatic heterocycles. The number of hydrogen-bond acceptors (Lipinski definition) is 2. The molecule has 0 amide bonds. The molecule has 0 aliphatic carbocycles. The van der Waals surface area contributed by atoms with Gasteiger partial charge in [0.1, 0.15) is 0 Å². The molecule has 0 unspecified atom stereocenters. The third-order valence-corrected chi connectivity index (χ3v) is 5.48. The van der Waals surface area contributed by atoms with Crippen LogP contribution >= 0.6 is 23.2 Å². The topological polar surface area (TPSA) is 21.1 Å². The van der Waals surface area contributed by atoms with Crippen LogP contribution in [0.2, 0.25) is 10.0 Å². The molecule has 4 rings (SSSR count). The molecule has 0 N–H and O–H groups in total. The highest BCUT2D eigenvalue weighted by molar-refractivity contribution is 6.35. The van der Waals surface area contributed by atoms with Crippen molar-refractivity contribution >= 4 is 23.2 Å². The maximum atomic E-state index is 6.20. The lowest BCUT2D eigenvalue weighted by Crippen LogP contribution is -2.53. The molecule has 2 atom stereocenters. The molecule has 3 nitrogen and oxygen atoms in total. The van der Waals surface area contributed by atoms with Crippen LogP contribution < -0.4 is 0 Å². The van der Waals surface area contributed by atoms with Crippen molar-refractivity contribution in [2.45, 2.75) is 38.3 Å². The smallest absolute Gasteiger partial charge is 0.0835 e. The van der Waals surface area contributed by atoms with Gasteiger partial charge in [0, 0.05) is 40.8 Å². The van der Waals surface area contributed by atoms with Gasteiger partial charge in [-0.25, -0.2) is 0 Å². The van der Waals surface area contributed by atoms with E-state index in [2.05, 4.69) is 11.8 Å². The number of rotatable bonds is 2. The Morgan fingerprint density at radius 2 is 1.95 bits per heavy atom. The van der Waals surface area contributed by atoms with Gasteiger partial charge in [-0.1, -0.05) is 30.1 Å². The normalized spacial score (nSPS) is 23.8. The van der Waals surface area contributed by atoms with Gasteiger partial charge in [0.2, 0.25) is 0 Å². The predicted molar refractivity (Wildman–Crippen MR) is 90.5 cm³/mol. The maximum absolute atomic E-state index is 6.20. The van der Waals surface area contributed by atoms with Crippen molar-refractivity contribution < 1.29 is 0 Å². The Bertz CT molecular complexity index is 717. The first kappa shape index (κ1) is 14.6. The van der Waals surface area contributed by atoms with E-state index in [0.29, 0.717) is 22.1 Å². The molecule has 2 aromatic rings. The molecular formula is C17H19Cl2N3. The highest BCUT2D eigenvalue weighted by atomic mass is 35.5. The summed E-state index contributed by atoms with van der Waals surface area (Å²) in [6, 6.07) is 6.88. The van der Waals surface area contributed by atoms with Crippen LogP contribution in [0.4, 0.5) is 0 Å². The van der Waals surface area contributed by atoms with Crippen LogP contribution in [0.25, 0.3) is 11.3 Å². The third-order valence-electron chi connectivity index (χ3n) is 5.04. The van der Waals surface area contributed by atoms with E-state index in [1.54, 1.807) is 6.07 Å². The molecule has 116 valence electrons. The molecule has 0 spiro atoms. The SMILES string of the molecule is CC[C@@H]1c2nn(C)c(-c3cc(Cl)cc(Cl)c3)c2C[C@@H]2CCN21. The molecule has 1 aromatic carbocycles. The predicted octanol–water partition coefficient (Wildman–Crippen LogP) is 4.48. The van der Waals surface area contributed by atoms with Gasteiger partial charge in [0.15, 0.2) is 0 Å². The summed E-state index contributed by atoms with van der Waals surface area (Å²) in [6.45, 7) is 3.46. The fraction of sp³-hybridized carbons (Fsp3) is 0.471. The van der Waals surface area contributed by atoms with Crippen molar-refractivity contribution in [3.05, 3.63) is 39.5 Å². The summed E-state index contributed by atoms with van der Waals surface area (Å²) < 4.78 is 2.00. The van der Waals surface area contributed by atoms with Crippen molar-refractivity contribution in [1.29, 1.82) is 0 Å². The fourth-order valence-corrected chi connectivity index (χ4v) is 4.55. The van der Waals surface area contributed by atoms with Crippen molar-refractivity contribution in [3.8, 4) is 11.3 Å². The van der Waals surface area contributed by atoms with Crippen LogP contribution in [0, 0.1) is 0 Å². The van der Waals surface area contributed by atoms with Crippen molar-refractivity contribution in [3.63, 3.8) is 0 Å². The summed E-state index contributed by atoms with van der Waals surface area (Å²) in [6.07, 6.45) is 3.48. The summed E-state index contributed by atoms with van der Waals surface area (Å²) in [5, 5.41) is 6.19. The van der Waals surface area contributed by atoms with E-state index in [-0.39, 0.29) is 0 Å². The number of aryl methyl sites for hydroxylation is 1. The first-order valence-electron chi connectivity index (χ1n) is 7.86. The van der Waals surface area contributed by atoms with E-state index in [4.69, 9.17) is 28.3 Å². The van der Waals surface area contributed by atoms with Gasteiger partial charge in [-0.2, -0.15) is 5.10 Å². The van der Waals surface area contributed by atoms with Crippen molar-refractivity contribution in [1.82, 2.24) is 14.7 Å². The molecule has 1 saturated heterocycles. The molecule has 0 radical (unpaired) electrons. The van der Waals surface area contributed by atoms with Gasteiger partial charge in [0.25, 0.3) is 0 Å². The number of benzene rings is 1. The zero-order chi connectivity index (χ0) is 15.4. The van der Waals surface area contributed by atoms with Crippen LogP contribution in [0.15, 0.2) is 18.2 Å². The molecule has 3 heterocycles. The summed E-state index contributed by atoms with van der Waals surface area (Å²) in [5.41, 5.74) is 4.86. The minimum absolute atomic E-state index is 0.456. The van der Waals surface area contributed by atoms with Gasteiger partial charge in [-0.05, 0) is 37.5 Å². The molecular weight excluding hydrogens is 317 g/mol. The molecule has 5 heteroatoms. The minimum Gasteiger partial charge on any atom is -0.291 e. The second kappa shape index (κ2) is 5.26. The summed E-state index contributed by atoms with van der Waals surface area (Å²) in [4.78, 5) is 2.60. The van der Waals surface area contributed by atoms with Gasteiger partial charge < -0.3 is 0 Å². The van der Waals surface area contributed by atoms with Gasteiger partial charge in [-0.3, -0.25) is 9.58 Å².